The first-order chi connectivity index (χ1) is 6.79. The molecule has 2 heterocycles. The van der Waals surface area contributed by atoms with Crippen molar-refractivity contribution in [3.63, 3.8) is 0 Å². The van der Waals surface area contributed by atoms with E-state index >= 15 is 0 Å². The van der Waals surface area contributed by atoms with Crippen LogP contribution in [0.3, 0.4) is 0 Å². The highest BCUT2D eigenvalue weighted by Gasteiger charge is 2.18. The third kappa shape index (κ3) is 2.25. The lowest BCUT2D eigenvalue weighted by atomic mass is 10.2. The van der Waals surface area contributed by atoms with E-state index in [0.717, 1.165) is 4.47 Å². The van der Waals surface area contributed by atoms with Gasteiger partial charge in [0.05, 0.1) is 16.7 Å². The van der Waals surface area contributed by atoms with Crippen molar-refractivity contribution in [1.29, 1.82) is 0 Å². The first kappa shape index (κ1) is 10.4. The fraction of sp³-hybridized carbons (Fsp3) is 0.667. The minimum absolute atomic E-state index is 0.333. The van der Waals surface area contributed by atoms with Gasteiger partial charge in [0.25, 0.3) is 0 Å². The number of aromatic nitrogens is 2. The molecule has 1 aliphatic rings. The zero-order chi connectivity index (χ0) is 9.97. The van der Waals surface area contributed by atoms with Gasteiger partial charge in [0.2, 0.25) is 0 Å². The zero-order valence-electron chi connectivity index (χ0n) is 8.19. The molecule has 0 bridgehead atoms. The number of hydrogen-bond donors (Lipinski definition) is 0. The molecule has 3 nitrogen and oxygen atoms in total. The fourth-order valence-electron chi connectivity index (χ4n) is 1.75. The molecule has 1 fully saturated rings. The number of halogens is 1. The maximum atomic E-state index is 4.37. The monoisotopic (exact) mass is 275 g/mol. The number of rotatable bonds is 1. The van der Waals surface area contributed by atoms with Gasteiger partial charge in [-0.3, -0.25) is 9.04 Å². The van der Waals surface area contributed by atoms with Crippen LogP contribution < -0.4 is 0 Å². The first-order valence-corrected chi connectivity index (χ1v) is 7.08. The van der Waals surface area contributed by atoms with Gasteiger partial charge < -0.3 is 0 Å². The third-order valence-corrected chi connectivity index (χ3v) is 4.92. The van der Waals surface area contributed by atoms with Gasteiger partial charge in [-0.15, -0.1) is 10.7 Å². The van der Waals surface area contributed by atoms with Crippen LogP contribution in [0.25, 0.3) is 0 Å². The molecule has 5 heteroatoms. The smallest absolute Gasteiger partial charge is 0.0632 e. The molecule has 0 spiro atoms. The van der Waals surface area contributed by atoms with Crippen molar-refractivity contribution < 1.29 is 0 Å². The number of nitrogens with zero attached hydrogens (tertiary/aromatic N) is 3. The summed E-state index contributed by atoms with van der Waals surface area (Å²) in [7, 11) is 2.27. The van der Waals surface area contributed by atoms with Gasteiger partial charge in [-0.25, -0.2) is 0 Å². The Morgan fingerprint density at radius 1 is 1.57 bits per heavy atom. The Bertz CT molecular complexity index is 338. The molecule has 0 amide bonds. The van der Waals surface area contributed by atoms with E-state index in [1.807, 2.05) is 13.2 Å². The summed E-state index contributed by atoms with van der Waals surface area (Å²) in [5, 5.41) is 4.33. The Morgan fingerprint density at radius 2 is 2.29 bits per heavy atom. The van der Waals surface area contributed by atoms with Gasteiger partial charge in [-0.05, 0) is 28.8 Å². The summed E-state index contributed by atoms with van der Waals surface area (Å²) >= 11 is 3.42. The van der Waals surface area contributed by atoms with Crippen LogP contribution >= 0.6 is 15.9 Å². The zero-order valence-corrected chi connectivity index (χ0v) is 10.6. The van der Waals surface area contributed by atoms with E-state index in [1.165, 1.54) is 24.3 Å². The van der Waals surface area contributed by atoms with Crippen LogP contribution in [0.4, 0.5) is 0 Å². The van der Waals surface area contributed by atoms with Crippen LogP contribution in [0.15, 0.2) is 21.2 Å². The first-order valence-electron chi connectivity index (χ1n) is 4.76. The minimum Gasteiger partial charge on any atom is -0.268 e. The van der Waals surface area contributed by atoms with Crippen LogP contribution in [0.1, 0.15) is 18.9 Å². The highest BCUT2D eigenvalue weighted by molar-refractivity contribution is 9.10. The summed E-state index contributed by atoms with van der Waals surface area (Å²) in [4.78, 5) is 0. The van der Waals surface area contributed by atoms with E-state index in [4.69, 9.17) is 0 Å². The van der Waals surface area contributed by atoms with Gasteiger partial charge in [0.1, 0.15) is 0 Å². The summed E-state index contributed by atoms with van der Waals surface area (Å²) in [6, 6.07) is 0.590. The molecule has 0 aliphatic carbocycles. The fourth-order valence-corrected chi connectivity index (χ4v) is 3.71. The van der Waals surface area contributed by atoms with Crippen LogP contribution in [-0.2, 0) is 10.7 Å². The predicted molar refractivity (Wildman–Crippen MR) is 63.6 cm³/mol. The Hall–Kier alpha value is -0.160. The molecule has 0 unspecified atom stereocenters. The summed E-state index contributed by atoms with van der Waals surface area (Å²) in [5.41, 5.74) is 0. The molecule has 2 rings (SSSR count). The van der Waals surface area contributed by atoms with E-state index in [0.29, 0.717) is 16.7 Å². The lowest BCUT2D eigenvalue weighted by Crippen LogP contribution is -2.21. The van der Waals surface area contributed by atoms with E-state index < -0.39 is 0 Å². The van der Waals surface area contributed by atoms with E-state index in [9.17, 15) is 0 Å². The molecule has 1 aliphatic heterocycles. The molecular weight excluding hydrogens is 262 g/mol. The Morgan fingerprint density at radius 3 is 2.79 bits per heavy atom. The minimum atomic E-state index is 0.333. The lowest BCUT2D eigenvalue weighted by molar-refractivity contribution is 0.425. The lowest BCUT2D eigenvalue weighted by Gasteiger charge is -2.23. The molecule has 0 atom stereocenters. The largest absolute Gasteiger partial charge is 0.268 e. The second kappa shape index (κ2) is 4.57. The van der Waals surface area contributed by atoms with Crippen LogP contribution in [0.2, 0.25) is 0 Å². The second-order valence-corrected chi connectivity index (χ2v) is 6.44. The molecule has 0 aromatic carbocycles. The topological polar surface area (TPSA) is 30.2 Å². The molecule has 0 N–H and O–H groups in total. The molecule has 0 radical (unpaired) electrons. The van der Waals surface area contributed by atoms with Crippen molar-refractivity contribution in [2.24, 2.45) is 4.36 Å². The second-order valence-electron chi connectivity index (χ2n) is 3.42. The molecule has 1 saturated heterocycles. The van der Waals surface area contributed by atoms with Crippen LogP contribution in [0.5, 0.6) is 0 Å². The molecule has 78 valence electrons. The Balaban J connectivity index is 2.02. The van der Waals surface area contributed by atoms with Gasteiger partial charge in [0, 0.05) is 24.8 Å². The molecular formula is C9H14BrN3S. The Labute approximate surface area is 95.1 Å². The average molecular weight is 276 g/mol. The van der Waals surface area contributed by atoms with Gasteiger partial charge in [-0.1, -0.05) is 0 Å². The maximum absolute atomic E-state index is 4.37. The highest BCUT2D eigenvalue weighted by Crippen LogP contribution is 2.23. The van der Waals surface area contributed by atoms with Crippen molar-refractivity contribution in [1.82, 2.24) is 9.78 Å². The van der Waals surface area contributed by atoms with Crippen LogP contribution in [0, 0.1) is 0 Å². The average Bonchev–Trinajstić information content (AvgIpc) is 2.65. The molecule has 14 heavy (non-hydrogen) atoms. The SMILES string of the molecule is CN=S1CCC(n2cc(Br)cn2)CC1. The summed E-state index contributed by atoms with van der Waals surface area (Å²) in [6.45, 7) is 0. The van der Waals surface area contributed by atoms with E-state index in [-0.39, 0.29) is 0 Å². The number of hydrogen-bond acceptors (Lipinski definition) is 2. The van der Waals surface area contributed by atoms with Gasteiger partial charge in [-0.2, -0.15) is 5.10 Å². The molecule has 1 aromatic heterocycles. The highest BCUT2D eigenvalue weighted by atomic mass is 79.9. The summed E-state index contributed by atoms with van der Waals surface area (Å²) in [5.74, 6) is 2.47. The third-order valence-electron chi connectivity index (χ3n) is 2.58. The standard InChI is InChI=1S/C9H14BrN3S/c1-11-14-4-2-9(3-5-14)13-7-8(10)6-12-13/h6-7,9H,2-5H2,1H3. The van der Waals surface area contributed by atoms with Crippen molar-refractivity contribution in [3.8, 4) is 0 Å². The van der Waals surface area contributed by atoms with E-state index in [1.54, 1.807) is 0 Å². The van der Waals surface area contributed by atoms with Crippen molar-refractivity contribution in [3.05, 3.63) is 16.9 Å². The van der Waals surface area contributed by atoms with Gasteiger partial charge in [0.15, 0.2) is 0 Å². The normalized spacial score (nSPS) is 27.6. The van der Waals surface area contributed by atoms with E-state index in [2.05, 4.69) is 36.3 Å². The van der Waals surface area contributed by atoms with Crippen molar-refractivity contribution in [2.75, 3.05) is 18.6 Å². The van der Waals surface area contributed by atoms with Crippen molar-refractivity contribution >= 4 is 26.6 Å². The van der Waals surface area contributed by atoms with Crippen molar-refractivity contribution in [2.45, 2.75) is 18.9 Å². The molecule has 1 aromatic rings. The quantitative estimate of drug-likeness (QED) is 0.774. The maximum Gasteiger partial charge on any atom is 0.0632 e. The van der Waals surface area contributed by atoms with Crippen LogP contribution in [-0.4, -0.2) is 28.3 Å². The summed E-state index contributed by atoms with van der Waals surface area (Å²) < 4.78 is 7.52. The predicted octanol–water partition coefficient (Wildman–Crippen LogP) is 2.41. The summed E-state index contributed by atoms with van der Waals surface area (Å²) in [6.07, 6.45) is 6.36. The Kier molecular flexibility index (Phi) is 3.38. The molecule has 0 saturated carbocycles. The van der Waals surface area contributed by atoms with Gasteiger partial charge >= 0.3 is 0 Å².